The number of rotatable bonds is 4. The highest BCUT2D eigenvalue weighted by atomic mass is 19.4. The standard InChI is InChI=1S/C17H16F4N6O3.C2HF3O2/c1-16(5-10(17(19,20)21)25-15(22)30-16)13-8(18)3-4-11(26-13)27-14(28)9-6-24-12(29-2)7-23-9;3-2(4,5)1(6)7/h3-4,6-7,10H,5H2,1-2H3,(H2,22,25)(H,26,27,28);(H,6,7)/t10-,16-;/m0./s1. The molecule has 0 saturated carbocycles. The fourth-order valence-electron chi connectivity index (χ4n) is 2.80. The summed E-state index contributed by atoms with van der Waals surface area (Å²) in [6.07, 6.45) is -8.17. The monoisotopic (exact) mass is 542 g/mol. The zero-order valence-electron chi connectivity index (χ0n) is 18.7. The minimum atomic E-state index is -5.08. The van der Waals surface area contributed by atoms with Crippen molar-refractivity contribution < 1.29 is 54.9 Å². The molecule has 2 aromatic heterocycles. The third-order valence-electron chi connectivity index (χ3n) is 4.47. The first-order chi connectivity index (χ1) is 17.0. The van der Waals surface area contributed by atoms with Crippen LogP contribution in [0.1, 0.15) is 29.5 Å². The Morgan fingerprint density at radius 3 is 2.30 bits per heavy atom. The summed E-state index contributed by atoms with van der Waals surface area (Å²) in [5, 5.41) is 9.50. The van der Waals surface area contributed by atoms with Gasteiger partial charge in [0.1, 0.15) is 23.0 Å². The molecular formula is C19H17F7N6O5. The number of carbonyl (C=O) groups excluding carboxylic acids is 1. The number of aliphatic imine (C=N–C) groups is 1. The number of pyridine rings is 1. The Morgan fingerprint density at radius 1 is 1.19 bits per heavy atom. The number of carboxylic acid groups (broad SMARTS) is 1. The fraction of sp³-hybridized carbons (Fsp3) is 0.368. The van der Waals surface area contributed by atoms with Crippen molar-refractivity contribution in [1.29, 1.82) is 0 Å². The largest absolute Gasteiger partial charge is 0.490 e. The van der Waals surface area contributed by atoms with Crippen LogP contribution in [0.2, 0.25) is 0 Å². The van der Waals surface area contributed by atoms with Gasteiger partial charge in [-0.15, -0.1) is 0 Å². The summed E-state index contributed by atoms with van der Waals surface area (Å²) in [4.78, 5) is 36.0. The van der Waals surface area contributed by atoms with Crippen LogP contribution in [0.4, 0.5) is 36.6 Å². The van der Waals surface area contributed by atoms with E-state index in [1.165, 1.54) is 20.2 Å². The van der Waals surface area contributed by atoms with E-state index in [-0.39, 0.29) is 17.4 Å². The van der Waals surface area contributed by atoms with Gasteiger partial charge in [0, 0.05) is 6.42 Å². The van der Waals surface area contributed by atoms with Gasteiger partial charge < -0.3 is 25.6 Å². The average Bonchev–Trinajstić information content (AvgIpc) is 2.79. The highest BCUT2D eigenvalue weighted by molar-refractivity contribution is 6.02. The number of ether oxygens (including phenoxy) is 2. The van der Waals surface area contributed by atoms with E-state index in [0.29, 0.717) is 0 Å². The van der Waals surface area contributed by atoms with Crippen LogP contribution in [0.25, 0.3) is 0 Å². The summed E-state index contributed by atoms with van der Waals surface area (Å²) < 4.78 is 95.7. The summed E-state index contributed by atoms with van der Waals surface area (Å²) in [5.74, 6) is -4.36. The Bertz CT molecular complexity index is 1170. The Kier molecular flexibility index (Phi) is 8.45. The molecule has 0 bridgehead atoms. The first-order valence-corrected chi connectivity index (χ1v) is 9.70. The molecule has 11 nitrogen and oxygen atoms in total. The van der Waals surface area contributed by atoms with Crippen molar-refractivity contribution in [2.24, 2.45) is 10.7 Å². The Balaban J connectivity index is 0.000000604. The Labute approximate surface area is 202 Å². The van der Waals surface area contributed by atoms with Crippen LogP contribution in [0.15, 0.2) is 29.5 Å². The molecule has 0 aromatic carbocycles. The molecule has 1 aliphatic heterocycles. The van der Waals surface area contributed by atoms with Crippen LogP contribution < -0.4 is 15.8 Å². The third kappa shape index (κ3) is 7.61. The number of carboxylic acids is 1. The van der Waals surface area contributed by atoms with Crippen LogP contribution in [-0.2, 0) is 15.1 Å². The molecule has 0 spiro atoms. The number of halogens is 7. The van der Waals surface area contributed by atoms with Gasteiger partial charge in [-0.3, -0.25) is 4.79 Å². The molecule has 202 valence electrons. The van der Waals surface area contributed by atoms with Gasteiger partial charge in [-0.25, -0.2) is 29.1 Å². The van der Waals surface area contributed by atoms with Crippen molar-refractivity contribution in [2.45, 2.75) is 37.3 Å². The highest BCUT2D eigenvalue weighted by Crippen LogP contribution is 2.40. The summed E-state index contributed by atoms with van der Waals surface area (Å²) in [6.45, 7) is 1.21. The first-order valence-electron chi connectivity index (χ1n) is 9.70. The van der Waals surface area contributed by atoms with Crippen molar-refractivity contribution in [1.82, 2.24) is 15.0 Å². The minimum absolute atomic E-state index is 0.0860. The summed E-state index contributed by atoms with van der Waals surface area (Å²) in [5.41, 5.74) is 2.97. The summed E-state index contributed by atoms with van der Waals surface area (Å²) in [7, 11) is 1.38. The van der Waals surface area contributed by atoms with Crippen LogP contribution in [0.5, 0.6) is 5.88 Å². The maximum Gasteiger partial charge on any atom is 0.490 e. The summed E-state index contributed by atoms with van der Waals surface area (Å²) in [6, 6.07) is -0.851. The molecule has 1 aliphatic rings. The molecule has 3 heterocycles. The van der Waals surface area contributed by atoms with E-state index in [0.717, 1.165) is 18.3 Å². The van der Waals surface area contributed by atoms with Gasteiger partial charge in [-0.05, 0) is 19.1 Å². The quantitative estimate of drug-likeness (QED) is 0.493. The van der Waals surface area contributed by atoms with Gasteiger partial charge >= 0.3 is 18.3 Å². The second-order valence-corrected chi connectivity index (χ2v) is 7.29. The Morgan fingerprint density at radius 2 is 1.81 bits per heavy atom. The number of hydrogen-bond acceptors (Lipinski definition) is 9. The lowest BCUT2D eigenvalue weighted by molar-refractivity contribution is -0.192. The molecule has 0 unspecified atom stereocenters. The van der Waals surface area contributed by atoms with Gasteiger partial charge in [0.15, 0.2) is 11.6 Å². The predicted octanol–water partition coefficient (Wildman–Crippen LogP) is 2.79. The number of amides is 1. The second-order valence-electron chi connectivity index (χ2n) is 7.29. The van der Waals surface area contributed by atoms with Gasteiger partial charge in [0.05, 0.1) is 19.5 Å². The van der Waals surface area contributed by atoms with Crippen molar-refractivity contribution in [3.05, 3.63) is 41.7 Å². The van der Waals surface area contributed by atoms with Crippen molar-refractivity contribution in [2.75, 3.05) is 12.4 Å². The molecule has 0 saturated heterocycles. The fourth-order valence-corrected chi connectivity index (χ4v) is 2.80. The molecule has 1 amide bonds. The minimum Gasteiger partial charge on any atom is -0.480 e. The first kappa shape index (κ1) is 29.0. The SMILES string of the molecule is COc1cnc(C(=O)Nc2ccc(F)c([C@]3(C)C[C@@H](C(F)(F)F)N=C(N)O3)n2)cn1.O=C(O)C(F)(F)F. The van der Waals surface area contributed by atoms with Crippen molar-refractivity contribution >= 4 is 23.7 Å². The number of alkyl halides is 6. The maximum absolute atomic E-state index is 14.4. The second kappa shape index (κ2) is 10.8. The van der Waals surface area contributed by atoms with Gasteiger partial charge in [0.2, 0.25) is 5.88 Å². The number of aromatic nitrogens is 3. The van der Waals surface area contributed by atoms with E-state index < -0.39 is 59.8 Å². The van der Waals surface area contributed by atoms with Crippen molar-refractivity contribution in [3.8, 4) is 5.88 Å². The third-order valence-corrected chi connectivity index (χ3v) is 4.47. The van der Waals surface area contributed by atoms with Crippen LogP contribution in [-0.4, -0.2) is 63.5 Å². The number of anilines is 1. The van der Waals surface area contributed by atoms with E-state index in [2.05, 4.69) is 25.3 Å². The molecule has 0 aliphatic carbocycles. The highest BCUT2D eigenvalue weighted by Gasteiger charge is 2.50. The summed E-state index contributed by atoms with van der Waals surface area (Å²) >= 11 is 0. The molecular weight excluding hydrogens is 525 g/mol. The smallest absolute Gasteiger partial charge is 0.480 e. The number of amidine groups is 1. The number of carbonyl (C=O) groups is 2. The zero-order valence-corrected chi connectivity index (χ0v) is 18.7. The van der Waals surface area contributed by atoms with Crippen LogP contribution in [0.3, 0.4) is 0 Å². The number of nitrogens with one attached hydrogen (secondary N) is 1. The van der Waals surface area contributed by atoms with E-state index in [1.54, 1.807) is 0 Å². The molecule has 4 N–H and O–H groups in total. The molecule has 2 atom stereocenters. The van der Waals surface area contributed by atoms with Crippen LogP contribution in [0, 0.1) is 5.82 Å². The molecule has 18 heteroatoms. The topological polar surface area (TPSA) is 162 Å². The number of aliphatic carboxylic acids is 1. The number of hydrogen-bond donors (Lipinski definition) is 3. The van der Waals surface area contributed by atoms with Gasteiger partial charge in [-0.2, -0.15) is 26.3 Å². The van der Waals surface area contributed by atoms with E-state index in [1.807, 2.05) is 0 Å². The maximum atomic E-state index is 14.4. The molecule has 2 aromatic rings. The Hall–Kier alpha value is -4.25. The number of nitrogens with zero attached hydrogens (tertiary/aromatic N) is 4. The lowest BCUT2D eigenvalue weighted by Crippen LogP contribution is -2.46. The lowest BCUT2D eigenvalue weighted by atomic mass is 9.91. The zero-order chi connectivity index (χ0) is 28.2. The van der Waals surface area contributed by atoms with E-state index in [9.17, 15) is 35.5 Å². The van der Waals surface area contributed by atoms with Crippen molar-refractivity contribution in [3.63, 3.8) is 0 Å². The number of nitrogens with two attached hydrogens (primary N) is 1. The molecule has 0 fully saturated rings. The normalized spacial score (nSPS) is 19.5. The lowest BCUT2D eigenvalue weighted by Gasteiger charge is -2.36. The van der Waals surface area contributed by atoms with E-state index >= 15 is 0 Å². The number of methoxy groups -OCH3 is 1. The van der Waals surface area contributed by atoms with Gasteiger partial charge in [0.25, 0.3) is 11.9 Å². The molecule has 0 radical (unpaired) electrons. The molecule has 3 rings (SSSR count). The average molecular weight is 542 g/mol. The van der Waals surface area contributed by atoms with Gasteiger partial charge in [-0.1, -0.05) is 0 Å². The predicted molar refractivity (Wildman–Crippen MR) is 109 cm³/mol. The van der Waals surface area contributed by atoms with Crippen LogP contribution >= 0.6 is 0 Å². The van der Waals surface area contributed by atoms with E-state index in [4.69, 9.17) is 25.1 Å². The molecule has 37 heavy (non-hydrogen) atoms.